The zero-order valence-corrected chi connectivity index (χ0v) is 19.0. The lowest BCUT2D eigenvalue weighted by molar-refractivity contribution is -0.141. The summed E-state index contributed by atoms with van der Waals surface area (Å²) < 4.78 is 40.4. The molecule has 4 aromatic rings. The maximum absolute atomic E-state index is 13.8. The summed E-state index contributed by atoms with van der Waals surface area (Å²) in [6.07, 6.45) is -0.136. The lowest BCUT2D eigenvalue weighted by Crippen LogP contribution is -2.40. The first-order valence-electron chi connectivity index (χ1n) is 11.3. The molecule has 0 unspecified atom stereocenters. The lowest BCUT2D eigenvalue weighted by Gasteiger charge is -2.26. The second-order valence-corrected chi connectivity index (χ2v) is 8.48. The van der Waals surface area contributed by atoms with Crippen LogP contribution in [0.3, 0.4) is 0 Å². The van der Waals surface area contributed by atoms with E-state index in [1.165, 1.54) is 0 Å². The van der Waals surface area contributed by atoms with Crippen molar-refractivity contribution in [2.75, 3.05) is 24.5 Å². The molecule has 1 aromatic carbocycles. The SMILES string of the molecule is C[C@@H]1CCN(c2cnc(C(F)(F)F)cn2)CCN1C(=O)c1nc2ccccn2c1-c1ccccc1. The van der Waals surface area contributed by atoms with E-state index in [0.717, 1.165) is 23.7 Å². The first kappa shape index (κ1) is 22.8. The van der Waals surface area contributed by atoms with Gasteiger partial charge in [-0.25, -0.2) is 15.0 Å². The van der Waals surface area contributed by atoms with Crippen molar-refractivity contribution in [3.63, 3.8) is 0 Å². The molecule has 1 aliphatic heterocycles. The third-order valence-electron chi connectivity index (χ3n) is 6.25. The van der Waals surface area contributed by atoms with Crippen molar-refractivity contribution in [2.45, 2.75) is 25.6 Å². The highest BCUT2D eigenvalue weighted by molar-refractivity contribution is 5.99. The van der Waals surface area contributed by atoms with Gasteiger partial charge in [0.25, 0.3) is 5.91 Å². The van der Waals surface area contributed by atoms with E-state index in [9.17, 15) is 18.0 Å². The van der Waals surface area contributed by atoms with Crippen molar-refractivity contribution >= 4 is 17.4 Å². The third kappa shape index (κ3) is 4.43. The number of carbonyl (C=O) groups excluding carboxylic acids is 1. The van der Waals surface area contributed by atoms with Gasteiger partial charge in [0.05, 0.1) is 18.1 Å². The van der Waals surface area contributed by atoms with Crippen LogP contribution in [-0.4, -0.2) is 55.8 Å². The van der Waals surface area contributed by atoms with Crippen LogP contribution in [0.15, 0.2) is 67.1 Å². The molecule has 0 radical (unpaired) electrons. The summed E-state index contributed by atoms with van der Waals surface area (Å²) in [5.74, 6) is 0.178. The Kier molecular flexibility index (Phi) is 5.88. The summed E-state index contributed by atoms with van der Waals surface area (Å²) >= 11 is 0. The van der Waals surface area contributed by atoms with Crippen LogP contribution in [0.5, 0.6) is 0 Å². The molecule has 180 valence electrons. The molecule has 1 amide bonds. The summed E-state index contributed by atoms with van der Waals surface area (Å²) in [6.45, 7) is 3.31. The maximum Gasteiger partial charge on any atom is 0.434 e. The minimum Gasteiger partial charge on any atom is -0.353 e. The van der Waals surface area contributed by atoms with Gasteiger partial charge in [0.1, 0.15) is 11.5 Å². The molecule has 1 fully saturated rings. The summed E-state index contributed by atoms with van der Waals surface area (Å²) in [5, 5.41) is 0. The van der Waals surface area contributed by atoms with Crippen LogP contribution in [0.25, 0.3) is 16.9 Å². The van der Waals surface area contributed by atoms with Gasteiger partial charge in [-0.2, -0.15) is 13.2 Å². The van der Waals surface area contributed by atoms with Gasteiger partial charge in [0.15, 0.2) is 11.4 Å². The number of rotatable bonds is 3. The molecule has 7 nitrogen and oxygen atoms in total. The number of alkyl halides is 3. The topological polar surface area (TPSA) is 66.6 Å². The van der Waals surface area contributed by atoms with E-state index in [2.05, 4.69) is 15.0 Å². The highest BCUT2D eigenvalue weighted by Gasteiger charge is 2.34. The number of benzene rings is 1. The fourth-order valence-corrected chi connectivity index (χ4v) is 4.37. The van der Waals surface area contributed by atoms with Crippen LogP contribution in [0, 0.1) is 0 Å². The second kappa shape index (κ2) is 9.01. The number of imidazole rings is 1. The smallest absolute Gasteiger partial charge is 0.353 e. The summed E-state index contributed by atoms with van der Waals surface area (Å²) in [6, 6.07) is 15.2. The first-order chi connectivity index (χ1) is 16.8. The Labute approximate surface area is 199 Å². The monoisotopic (exact) mass is 480 g/mol. The van der Waals surface area contributed by atoms with E-state index in [-0.39, 0.29) is 11.9 Å². The number of anilines is 1. The summed E-state index contributed by atoms with van der Waals surface area (Å²) in [5.41, 5.74) is 1.64. The minimum absolute atomic E-state index is 0.0941. The molecule has 3 aromatic heterocycles. The van der Waals surface area contributed by atoms with Crippen LogP contribution < -0.4 is 4.90 Å². The zero-order valence-electron chi connectivity index (χ0n) is 19.0. The molecule has 0 saturated carbocycles. The van der Waals surface area contributed by atoms with E-state index in [0.29, 0.717) is 43.2 Å². The van der Waals surface area contributed by atoms with Gasteiger partial charge in [-0.05, 0) is 25.5 Å². The van der Waals surface area contributed by atoms with Crippen molar-refractivity contribution in [2.24, 2.45) is 0 Å². The maximum atomic E-state index is 13.8. The van der Waals surface area contributed by atoms with E-state index < -0.39 is 11.9 Å². The van der Waals surface area contributed by atoms with Crippen molar-refractivity contribution in [3.8, 4) is 11.3 Å². The minimum atomic E-state index is -4.54. The number of hydrogen-bond acceptors (Lipinski definition) is 5. The van der Waals surface area contributed by atoms with Gasteiger partial charge in [-0.15, -0.1) is 0 Å². The van der Waals surface area contributed by atoms with Crippen molar-refractivity contribution in [3.05, 3.63) is 78.5 Å². The Hall–Kier alpha value is -3.95. The molecule has 1 saturated heterocycles. The molecule has 35 heavy (non-hydrogen) atoms. The highest BCUT2D eigenvalue weighted by atomic mass is 19.4. The normalized spacial score (nSPS) is 17.0. The van der Waals surface area contributed by atoms with Crippen molar-refractivity contribution < 1.29 is 18.0 Å². The second-order valence-electron chi connectivity index (χ2n) is 8.48. The molecular weight excluding hydrogens is 457 g/mol. The van der Waals surface area contributed by atoms with Crippen molar-refractivity contribution in [1.29, 1.82) is 0 Å². The molecule has 0 spiro atoms. The molecule has 5 rings (SSSR count). The summed E-state index contributed by atoms with van der Waals surface area (Å²) in [7, 11) is 0. The predicted molar refractivity (Wildman–Crippen MR) is 125 cm³/mol. The molecule has 0 N–H and O–H groups in total. The fourth-order valence-electron chi connectivity index (χ4n) is 4.37. The number of fused-ring (bicyclic) bond motifs is 1. The van der Waals surface area contributed by atoms with Gasteiger partial charge in [-0.1, -0.05) is 36.4 Å². The number of halogens is 3. The number of nitrogens with zero attached hydrogens (tertiary/aromatic N) is 6. The fraction of sp³-hybridized carbons (Fsp3) is 0.280. The number of pyridine rings is 1. The average molecular weight is 480 g/mol. The number of carbonyl (C=O) groups is 1. The molecule has 10 heteroatoms. The zero-order chi connectivity index (χ0) is 24.6. The Morgan fingerprint density at radius 2 is 1.74 bits per heavy atom. The third-order valence-corrected chi connectivity index (χ3v) is 6.25. The number of aromatic nitrogens is 4. The molecular formula is C25H23F3N6O. The average Bonchev–Trinajstić information content (AvgIpc) is 3.14. The lowest BCUT2D eigenvalue weighted by atomic mass is 10.1. The Bertz CT molecular complexity index is 1340. The van der Waals surface area contributed by atoms with Crippen LogP contribution in [0.1, 0.15) is 29.5 Å². The van der Waals surface area contributed by atoms with Crippen molar-refractivity contribution in [1.82, 2.24) is 24.3 Å². The van der Waals surface area contributed by atoms with Gasteiger partial charge < -0.3 is 9.80 Å². The van der Waals surface area contributed by atoms with Crippen LogP contribution in [-0.2, 0) is 6.18 Å². The first-order valence-corrected chi connectivity index (χ1v) is 11.3. The summed E-state index contributed by atoms with van der Waals surface area (Å²) in [4.78, 5) is 29.6. The Balaban J connectivity index is 1.43. The Morgan fingerprint density at radius 1 is 0.971 bits per heavy atom. The molecule has 1 atom stereocenters. The molecule has 0 bridgehead atoms. The largest absolute Gasteiger partial charge is 0.434 e. The van der Waals surface area contributed by atoms with E-state index in [1.807, 2.05) is 71.0 Å². The van der Waals surface area contributed by atoms with Gasteiger partial charge in [-0.3, -0.25) is 9.20 Å². The number of hydrogen-bond donors (Lipinski definition) is 0. The predicted octanol–water partition coefficient (Wildman–Crippen LogP) is 4.55. The van der Waals surface area contributed by atoms with Crippen LogP contribution in [0.2, 0.25) is 0 Å². The van der Waals surface area contributed by atoms with Gasteiger partial charge in [0, 0.05) is 37.4 Å². The van der Waals surface area contributed by atoms with Crippen LogP contribution in [0.4, 0.5) is 19.0 Å². The van der Waals surface area contributed by atoms with E-state index in [1.54, 1.807) is 4.90 Å². The standard InChI is InChI=1S/C25H23F3N6O/c1-17-10-12-32(21-16-29-19(15-30-21)25(26,27)28)13-14-33(17)24(35)22-23(18-7-3-2-4-8-18)34-11-6-5-9-20(34)31-22/h2-9,11,15-17H,10,12-14H2,1H3/t17-/m1/s1. The van der Waals surface area contributed by atoms with Gasteiger partial charge in [0.2, 0.25) is 0 Å². The quantitative estimate of drug-likeness (QED) is 0.431. The van der Waals surface area contributed by atoms with Gasteiger partial charge >= 0.3 is 6.18 Å². The molecule has 1 aliphatic rings. The van der Waals surface area contributed by atoms with E-state index in [4.69, 9.17) is 0 Å². The van der Waals surface area contributed by atoms with Crippen LogP contribution >= 0.6 is 0 Å². The molecule has 0 aliphatic carbocycles. The number of amides is 1. The Morgan fingerprint density at radius 3 is 2.46 bits per heavy atom. The highest BCUT2D eigenvalue weighted by Crippen LogP contribution is 2.29. The van der Waals surface area contributed by atoms with E-state index >= 15 is 0 Å². The molecule has 4 heterocycles.